The second kappa shape index (κ2) is 9.92. The Labute approximate surface area is 173 Å². The average Bonchev–Trinajstić information content (AvgIpc) is 3.20. The smallest absolute Gasteiger partial charge is 0.153 e. The Morgan fingerprint density at radius 3 is 2.72 bits per heavy atom. The van der Waals surface area contributed by atoms with Crippen LogP contribution in [0.2, 0.25) is 0 Å². The molecule has 1 aromatic carbocycles. The Bertz CT molecular complexity index is 798. The van der Waals surface area contributed by atoms with Crippen molar-refractivity contribution in [1.29, 1.82) is 0 Å². The molecule has 1 saturated heterocycles. The van der Waals surface area contributed by atoms with Crippen molar-refractivity contribution in [3.63, 3.8) is 0 Å². The Balaban J connectivity index is 1.67. The van der Waals surface area contributed by atoms with Crippen molar-refractivity contribution in [2.45, 2.75) is 39.5 Å². The zero-order valence-corrected chi connectivity index (χ0v) is 17.7. The number of rotatable bonds is 7. The zero-order chi connectivity index (χ0) is 20.8. The molecule has 0 amide bonds. The van der Waals surface area contributed by atoms with Crippen molar-refractivity contribution in [3.05, 3.63) is 53.0 Å². The van der Waals surface area contributed by atoms with Gasteiger partial charge in [-0.05, 0) is 55.0 Å². The van der Waals surface area contributed by atoms with E-state index in [1.54, 1.807) is 6.07 Å². The van der Waals surface area contributed by atoms with E-state index in [4.69, 9.17) is 11.6 Å². The van der Waals surface area contributed by atoms with Gasteiger partial charge in [-0.2, -0.15) is 5.10 Å². The van der Waals surface area contributed by atoms with Gasteiger partial charge in [0, 0.05) is 31.9 Å². The van der Waals surface area contributed by atoms with Gasteiger partial charge in [0.05, 0.1) is 5.56 Å². The highest BCUT2D eigenvalue weighted by Gasteiger charge is 2.24. The van der Waals surface area contributed by atoms with Crippen LogP contribution in [0.1, 0.15) is 50.7 Å². The first-order valence-corrected chi connectivity index (χ1v) is 10.7. The molecule has 0 saturated carbocycles. The van der Waals surface area contributed by atoms with Gasteiger partial charge < -0.3 is 16.5 Å². The highest BCUT2D eigenvalue weighted by Crippen LogP contribution is 2.27. The normalized spacial score (nSPS) is 21.6. The summed E-state index contributed by atoms with van der Waals surface area (Å²) in [5.74, 6) is 5.64. The maximum absolute atomic E-state index is 14.4. The standard InChI is InChI=1S/C23H34FN5/c1-3-5-20(16-28-11-8-17(4-2)15-28)29-12-9-18(10-13-29)19-6-7-21(22(24)14-19)23(25)27-26/h5-7,9,14,17H,3-4,8,10-13,15-16,26H2,1-2H3,(H2,25,27)/b20-5+. The Morgan fingerprint density at radius 1 is 1.31 bits per heavy atom. The van der Waals surface area contributed by atoms with Gasteiger partial charge in [0.2, 0.25) is 0 Å². The van der Waals surface area contributed by atoms with Gasteiger partial charge in [0.1, 0.15) is 5.82 Å². The van der Waals surface area contributed by atoms with Gasteiger partial charge >= 0.3 is 0 Å². The molecule has 1 unspecified atom stereocenters. The number of halogens is 1. The predicted octanol–water partition coefficient (Wildman–Crippen LogP) is 3.52. The highest BCUT2D eigenvalue weighted by molar-refractivity contribution is 5.97. The van der Waals surface area contributed by atoms with Crippen molar-refractivity contribution in [2.24, 2.45) is 22.6 Å². The summed E-state index contributed by atoms with van der Waals surface area (Å²) < 4.78 is 14.4. The number of benzene rings is 1. The number of hydrogen-bond donors (Lipinski definition) is 2. The van der Waals surface area contributed by atoms with E-state index in [0.717, 1.165) is 44.0 Å². The number of allylic oxidation sites excluding steroid dienone is 1. The molecule has 0 spiro atoms. The Kier molecular flexibility index (Phi) is 7.31. The average molecular weight is 400 g/mol. The topological polar surface area (TPSA) is 70.9 Å². The first-order valence-electron chi connectivity index (χ1n) is 10.7. The van der Waals surface area contributed by atoms with Crippen molar-refractivity contribution in [1.82, 2.24) is 9.80 Å². The van der Waals surface area contributed by atoms with Gasteiger partial charge in [0.15, 0.2) is 5.84 Å². The van der Waals surface area contributed by atoms with E-state index >= 15 is 0 Å². The summed E-state index contributed by atoms with van der Waals surface area (Å²) in [7, 11) is 0. The lowest BCUT2D eigenvalue weighted by Crippen LogP contribution is -2.34. The van der Waals surface area contributed by atoms with Crippen LogP contribution in [0.3, 0.4) is 0 Å². The molecule has 5 nitrogen and oxygen atoms in total. The number of nitrogens with zero attached hydrogens (tertiary/aromatic N) is 3. The minimum absolute atomic E-state index is 0.0134. The molecule has 4 N–H and O–H groups in total. The fourth-order valence-electron chi connectivity index (χ4n) is 4.33. The fraction of sp³-hybridized carbons (Fsp3) is 0.522. The van der Waals surface area contributed by atoms with E-state index in [-0.39, 0.29) is 17.2 Å². The molecule has 0 radical (unpaired) electrons. The van der Waals surface area contributed by atoms with Crippen molar-refractivity contribution in [2.75, 3.05) is 32.7 Å². The number of amidine groups is 1. The van der Waals surface area contributed by atoms with E-state index in [2.05, 4.69) is 40.9 Å². The predicted molar refractivity (Wildman–Crippen MR) is 119 cm³/mol. The molecule has 2 aliphatic heterocycles. The van der Waals surface area contributed by atoms with Crippen molar-refractivity contribution >= 4 is 11.4 Å². The lowest BCUT2D eigenvalue weighted by Gasteiger charge is -2.33. The summed E-state index contributed by atoms with van der Waals surface area (Å²) in [5.41, 5.74) is 9.40. The monoisotopic (exact) mass is 399 g/mol. The molecule has 1 atom stereocenters. The molecule has 2 aliphatic rings. The van der Waals surface area contributed by atoms with Gasteiger partial charge in [-0.15, -0.1) is 0 Å². The Morgan fingerprint density at radius 2 is 2.14 bits per heavy atom. The maximum Gasteiger partial charge on any atom is 0.153 e. The molecule has 1 fully saturated rings. The summed E-state index contributed by atoms with van der Waals surface area (Å²) in [6.07, 6.45) is 9.13. The minimum Gasteiger partial charge on any atom is -0.382 e. The van der Waals surface area contributed by atoms with Crippen molar-refractivity contribution in [3.8, 4) is 0 Å². The third kappa shape index (κ3) is 5.18. The number of likely N-dealkylation sites (tertiary alicyclic amines) is 1. The summed E-state index contributed by atoms with van der Waals surface area (Å²) in [6, 6.07) is 5.09. The van der Waals surface area contributed by atoms with Crippen LogP contribution in [0, 0.1) is 11.7 Å². The molecule has 3 rings (SSSR count). The molecule has 0 bridgehead atoms. The number of hydrazone groups is 1. The molecule has 1 aromatic rings. The third-order valence-electron chi connectivity index (χ3n) is 6.14. The highest BCUT2D eigenvalue weighted by atomic mass is 19.1. The first-order chi connectivity index (χ1) is 14.0. The fourth-order valence-corrected chi connectivity index (χ4v) is 4.33. The quantitative estimate of drug-likeness (QED) is 0.319. The van der Waals surface area contributed by atoms with Crippen LogP contribution in [-0.4, -0.2) is 48.4 Å². The van der Waals surface area contributed by atoms with Crippen molar-refractivity contribution < 1.29 is 4.39 Å². The molecule has 29 heavy (non-hydrogen) atoms. The van der Waals surface area contributed by atoms with E-state index < -0.39 is 0 Å². The van der Waals surface area contributed by atoms with Crippen LogP contribution in [-0.2, 0) is 0 Å². The van der Waals surface area contributed by atoms with E-state index in [0.29, 0.717) is 0 Å². The van der Waals surface area contributed by atoms with Crippen LogP contribution < -0.4 is 11.6 Å². The lowest BCUT2D eigenvalue weighted by molar-refractivity contribution is 0.286. The zero-order valence-electron chi connectivity index (χ0n) is 17.7. The summed E-state index contributed by atoms with van der Waals surface area (Å²) >= 11 is 0. The Hall–Kier alpha value is -2.34. The summed E-state index contributed by atoms with van der Waals surface area (Å²) in [6.45, 7) is 9.77. The van der Waals surface area contributed by atoms with E-state index in [9.17, 15) is 4.39 Å². The van der Waals surface area contributed by atoms with E-state index in [1.165, 1.54) is 43.3 Å². The third-order valence-corrected chi connectivity index (χ3v) is 6.14. The summed E-state index contributed by atoms with van der Waals surface area (Å²) in [4.78, 5) is 5.06. The molecule has 0 aromatic heterocycles. The lowest BCUT2D eigenvalue weighted by atomic mass is 9.97. The van der Waals surface area contributed by atoms with Gasteiger partial charge in [0.25, 0.3) is 0 Å². The SMILES string of the molecule is CC/C=C(\CN1CCC(CC)C1)N1CC=C(c2ccc(/C(N)=N/N)c(F)c2)CC1. The second-order valence-electron chi connectivity index (χ2n) is 8.04. The molecular formula is C23H34FN5. The minimum atomic E-state index is -0.386. The summed E-state index contributed by atoms with van der Waals surface area (Å²) in [5, 5.41) is 3.38. The van der Waals surface area contributed by atoms with Crippen LogP contribution in [0.4, 0.5) is 4.39 Å². The molecular weight excluding hydrogens is 365 g/mol. The van der Waals surface area contributed by atoms with Crippen LogP contribution in [0.15, 0.2) is 41.1 Å². The molecule has 6 heteroatoms. The number of hydrogen-bond acceptors (Lipinski definition) is 4. The first kappa shape index (κ1) is 21.4. The number of nitrogens with two attached hydrogens (primary N) is 2. The van der Waals surface area contributed by atoms with Gasteiger partial charge in [-0.25, -0.2) is 4.39 Å². The van der Waals surface area contributed by atoms with Gasteiger partial charge in [-0.3, -0.25) is 4.90 Å². The van der Waals surface area contributed by atoms with E-state index in [1.807, 2.05) is 6.07 Å². The molecule has 0 aliphatic carbocycles. The van der Waals surface area contributed by atoms with Crippen LogP contribution in [0.5, 0.6) is 0 Å². The molecule has 2 heterocycles. The largest absolute Gasteiger partial charge is 0.382 e. The molecule has 158 valence electrons. The second-order valence-corrected chi connectivity index (χ2v) is 8.04. The van der Waals surface area contributed by atoms with Crippen LogP contribution in [0.25, 0.3) is 5.57 Å². The van der Waals surface area contributed by atoms with Crippen LogP contribution >= 0.6 is 0 Å². The maximum atomic E-state index is 14.4. The van der Waals surface area contributed by atoms with Gasteiger partial charge in [-0.1, -0.05) is 38.5 Å².